The molecule has 1 amide bonds. The van der Waals surface area contributed by atoms with Crippen LogP contribution in [0.3, 0.4) is 0 Å². The maximum Gasteiger partial charge on any atom is 0.267 e. The highest BCUT2D eigenvalue weighted by molar-refractivity contribution is 6.04. The number of hydrogen-bond acceptors (Lipinski definition) is 5. The van der Waals surface area contributed by atoms with Crippen LogP contribution >= 0.6 is 0 Å². The van der Waals surface area contributed by atoms with Crippen LogP contribution in [0.25, 0.3) is 11.2 Å². The molecule has 7 nitrogen and oxygen atoms in total. The van der Waals surface area contributed by atoms with Gasteiger partial charge in [-0.05, 0) is 19.9 Å². The number of nitrogens with zero attached hydrogens (tertiary/aromatic N) is 3. The van der Waals surface area contributed by atoms with Gasteiger partial charge in [-0.15, -0.1) is 0 Å². The van der Waals surface area contributed by atoms with Crippen molar-refractivity contribution in [3.8, 4) is 0 Å². The fraction of sp³-hybridized carbons (Fsp3) is 0.364. The molecule has 2 rings (SSSR count). The fourth-order valence-corrected chi connectivity index (χ4v) is 1.94. The number of hydrazine groups is 1. The zero-order chi connectivity index (χ0) is 13.3. The van der Waals surface area contributed by atoms with Crippen LogP contribution in [-0.4, -0.2) is 32.2 Å². The third-order valence-electron chi connectivity index (χ3n) is 2.72. The standard InChI is InChI=1S/C11H15N5O2/c1-6-5-8(11(18)15-12)9-10(13-6)16(3-4-17)7(2)14-9/h5,17H,3-4,12H2,1-2H3,(H,15,18). The van der Waals surface area contributed by atoms with E-state index in [2.05, 4.69) is 15.4 Å². The molecule has 2 heterocycles. The van der Waals surface area contributed by atoms with Crippen LogP contribution in [0.1, 0.15) is 21.9 Å². The van der Waals surface area contributed by atoms with Gasteiger partial charge in [-0.2, -0.15) is 0 Å². The van der Waals surface area contributed by atoms with Crippen molar-refractivity contribution in [2.24, 2.45) is 5.84 Å². The molecule has 0 fully saturated rings. The number of nitrogens with one attached hydrogen (secondary N) is 1. The van der Waals surface area contributed by atoms with E-state index in [0.29, 0.717) is 34.8 Å². The molecular formula is C11H15N5O2. The van der Waals surface area contributed by atoms with Crippen LogP contribution in [0, 0.1) is 13.8 Å². The SMILES string of the molecule is Cc1cc(C(=O)NN)c2nc(C)n(CCO)c2n1. The molecule has 0 atom stereocenters. The van der Waals surface area contributed by atoms with Gasteiger partial charge in [-0.3, -0.25) is 10.2 Å². The largest absolute Gasteiger partial charge is 0.395 e. The summed E-state index contributed by atoms with van der Waals surface area (Å²) in [7, 11) is 0. The molecule has 2 aromatic rings. The van der Waals surface area contributed by atoms with Gasteiger partial charge in [0.15, 0.2) is 5.65 Å². The maximum absolute atomic E-state index is 11.7. The summed E-state index contributed by atoms with van der Waals surface area (Å²) in [6.45, 7) is 3.97. The van der Waals surface area contributed by atoms with Gasteiger partial charge in [-0.1, -0.05) is 0 Å². The second kappa shape index (κ2) is 4.71. The number of aryl methyl sites for hydroxylation is 2. The van der Waals surface area contributed by atoms with Crippen LogP contribution < -0.4 is 11.3 Å². The number of nitrogens with two attached hydrogens (primary N) is 1. The molecule has 0 radical (unpaired) electrons. The minimum atomic E-state index is -0.404. The molecule has 2 aromatic heterocycles. The van der Waals surface area contributed by atoms with Gasteiger partial charge in [0.05, 0.1) is 12.2 Å². The second-order valence-electron chi connectivity index (χ2n) is 3.99. The predicted octanol–water partition coefficient (Wildman–Crippen LogP) is -0.356. The van der Waals surface area contributed by atoms with E-state index in [1.54, 1.807) is 24.5 Å². The van der Waals surface area contributed by atoms with E-state index < -0.39 is 5.91 Å². The van der Waals surface area contributed by atoms with Crippen LogP contribution in [0.2, 0.25) is 0 Å². The number of aromatic nitrogens is 3. The summed E-state index contributed by atoms with van der Waals surface area (Å²) >= 11 is 0. The second-order valence-corrected chi connectivity index (χ2v) is 3.99. The van der Waals surface area contributed by atoms with Crippen molar-refractivity contribution in [1.29, 1.82) is 0 Å². The lowest BCUT2D eigenvalue weighted by atomic mass is 10.2. The predicted molar refractivity (Wildman–Crippen MR) is 65.7 cm³/mol. The number of nitrogen functional groups attached to an aromatic ring is 1. The minimum absolute atomic E-state index is 0.0136. The number of hydrogen-bond donors (Lipinski definition) is 3. The Labute approximate surface area is 104 Å². The van der Waals surface area contributed by atoms with E-state index in [0.717, 1.165) is 0 Å². The summed E-state index contributed by atoms with van der Waals surface area (Å²) in [5, 5.41) is 9.04. The Morgan fingerprint density at radius 3 is 2.83 bits per heavy atom. The number of amides is 1. The fourth-order valence-electron chi connectivity index (χ4n) is 1.94. The summed E-state index contributed by atoms with van der Waals surface area (Å²) in [6, 6.07) is 1.64. The van der Waals surface area contributed by atoms with E-state index in [4.69, 9.17) is 10.9 Å². The Morgan fingerprint density at radius 2 is 2.22 bits per heavy atom. The third kappa shape index (κ3) is 1.93. The summed E-state index contributed by atoms with van der Waals surface area (Å²) in [4.78, 5) is 20.4. The first-order chi connectivity index (χ1) is 8.58. The third-order valence-corrected chi connectivity index (χ3v) is 2.72. The zero-order valence-corrected chi connectivity index (χ0v) is 10.3. The first-order valence-electron chi connectivity index (χ1n) is 5.54. The van der Waals surface area contributed by atoms with E-state index in [9.17, 15) is 4.79 Å². The molecule has 0 aliphatic heterocycles. The summed E-state index contributed by atoms with van der Waals surface area (Å²) in [5.74, 6) is 5.45. The average molecular weight is 249 g/mol. The van der Waals surface area contributed by atoms with E-state index in [1.807, 2.05) is 0 Å². The van der Waals surface area contributed by atoms with Gasteiger partial charge in [0.1, 0.15) is 11.3 Å². The Morgan fingerprint density at radius 1 is 1.50 bits per heavy atom. The molecule has 0 saturated carbocycles. The number of pyridine rings is 1. The van der Waals surface area contributed by atoms with Gasteiger partial charge in [0.25, 0.3) is 5.91 Å². The number of aliphatic hydroxyl groups is 1. The smallest absolute Gasteiger partial charge is 0.267 e. The van der Waals surface area contributed by atoms with E-state index in [-0.39, 0.29) is 6.61 Å². The summed E-state index contributed by atoms with van der Waals surface area (Å²) in [6.07, 6.45) is 0. The first kappa shape index (κ1) is 12.5. The van der Waals surface area contributed by atoms with Crippen molar-refractivity contribution in [2.45, 2.75) is 20.4 Å². The van der Waals surface area contributed by atoms with E-state index in [1.165, 1.54) is 0 Å². The quantitative estimate of drug-likeness (QED) is 0.391. The summed E-state index contributed by atoms with van der Waals surface area (Å²) in [5.41, 5.74) is 4.26. The molecule has 0 aromatic carbocycles. The van der Waals surface area contributed by atoms with Crippen LogP contribution in [0.4, 0.5) is 0 Å². The highest BCUT2D eigenvalue weighted by atomic mass is 16.3. The highest BCUT2D eigenvalue weighted by Crippen LogP contribution is 2.19. The van der Waals surface area contributed by atoms with Gasteiger partial charge >= 0.3 is 0 Å². The number of imidazole rings is 1. The molecule has 0 saturated heterocycles. The number of aliphatic hydroxyl groups excluding tert-OH is 1. The average Bonchev–Trinajstić information content (AvgIpc) is 2.65. The molecule has 4 N–H and O–H groups in total. The highest BCUT2D eigenvalue weighted by Gasteiger charge is 2.17. The molecule has 96 valence electrons. The molecular weight excluding hydrogens is 234 g/mol. The van der Waals surface area contributed by atoms with E-state index >= 15 is 0 Å². The number of carbonyl (C=O) groups excluding carboxylic acids is 1. The minimum Gasteiger partial charge on any atom is -0.395 e. The lowest BCUT2D eigenvalue weighted by molar-refractivity contribution is 0.0955. The molecule has 18 heavy (non-hydrogen) atoms. The molecule has 0 aliphatic carbocycles. The van der Waals surface area contributed by atoms with Crippen molar-refractivity contribution in [1.82, 2.24) is 20.0 Å². The topological polar surface area (TPSA) is 106 Å². The van der Waals surface area contributed by atoms with Gasteiger partial charge in [0, 0.05) is 12.2 Å². The van der Waals surface area contributed by atoms with Gasteiger partial charge in [-0.25, -0.2) is 15.8 Å². The number of carbonyl (C=O) groups is 1. The molecule has 0 bridgehead atoms. The van der Waals surface area contributed by atoms with Crippen LogP contribution in [0.15, 0.2) is 6.07 Å². The van der Waals surface area contributed by atoms with Gasteiger partial charge < -0.3 is 9.67 Å². The Hall–Kier alpha value is -1.99. The van der Waals surface area contributed by atoms with Crippen molar-refractivity contribution in [3.05, 3.63) is 23.1 Å². The Bertz CT molecular complexity index is 605. The number of rotatable bonds is 3. The summed E-state index contributed by atoms with van der Waals surface area (Å²) < 4.78 is 1.77. The van der Waals surface area contributed by atoms with Crippen molar-refractivity contribution >= 4 is 17.1 Å². The maximum atomic E-state index is 11.7. The van der Waals surface area contributed by atoms with Crippen molar-refractivity contribution in [2.75, 3.05) is 6.61 Å². The molecule has 7 heteroatoms. The van der Waals surface area contributed by atoms with Crippen LogP contribution in [0.5, 0.6) is 0 Å². The number of fused-ring (bicyclic) bond motifs is 1. The van der Waals surface area contributed by atoms with Crippen molar-refractivity contribution < 1.29 is 9.90 Å². The molecule has 0 unspecified atom stereocenters. The molecule has 0 aliphatic rings. The monoisotopic (exact) mass is 249 g/mol. The van der Waals surface area contributed by atoms with Crippen LogP contribution in [-0.2, 0) is 6.54 Å². The lowest BCUT2D eigenvalue weighted by Gasteiger charge is -2.05. The molecule has 0 spiro atoms. The lowest BCUT2D eigenvalue weighted by Crippen LogP contribution is -2.30. The Balaban J connectivity index is 2.74. The van der Waals surface area contributed by atoms with Gasteiger partial charge in [0.2, 0.25) is 0 Å². The zero-order valence-electron chi connectivity index (χ0n) is 10.3. The Kier molecular flexibility index (Phi) is 3.26. The normalized spacial score (nSPS) is 10.9. The van der Waals surface area contributed by atoms with Crippen molar-refractivity contribution in [3.63, 3.8) is 0 Å². The first-order valence-corrected chi connectivity index (χ1v) is 5.54.